The number of ether oxygens (including phenoxy) is 1. The first-order valence-electron chi connectivity index (χ1n) is 4.60. The van der Waals surface area contributed by atoms with Crippen molar-refractivity contribution < 1.29 is 9.84 Å². The van der Waals surface area contributed by atoms with Gasteiger partial charge in [-0.2, -0.15) is 0 Å². The predicted octanol–water partition coefficient (Wildman–Crippen LogP) is 0.561. The van der Waals surface area contributed by atoms with Crippen molar-refractivity contribution in [2.24, 2.45) is 0 Å². The fraction of sp³-hybridized carbons (Fsp3) is 0.500. The standard InChI is InChI=1S/C10H16N2O2/c1-8(13)6-11-7-9-4-3-5-12-10(9)14-2/h3-5,8,11,13H,6-7H2,1-2H3/t8-/m1/s1. The van der Waals surface area contributed by atoms with Crippen LogP contribution in [-0.4, -0.2) is 29.8 Å². The van der Waals surface area contributed by atoms with Crippen molar-refractivity contribution in [3.05, 3.63) is 23.9 Å². The van der Waals surface area contributed by atoms with E-state index in [0.717, 1.165) is 5.56 Å². The number of nitrogens with one attached hydrogen (secondary N) is 1. The minimum atomic E-state index is -0.335. The van der Waals surface area contributed by atoms with Crippen molar-refractivity contribution in [1.82, 2.24) is 10.3 Å². The van der Waals surface area contributed by atoms with E-state index >= 15 is 0 Å². The van der Waals surface area contributed by atoms with Crippen molar-refractivity contribution in [1.29, 1.82) is 0 Å². The van der Waals surface area contributed by atoms with Crippen LogP contribution in [-0.2, 0) is 6.54 Å². The molecule has 0 spiro atoms. The maximum Gasteiger partial charge on any atom is 0.217 e. The third kappa shape index (κ3) is 3.32. The number of aliphatic hydroxyl groups excluding tert-OH is 1. The van der Waals surface area contributed by atoms with E-state index in [9.17, 15) is 0 Å². The molecule has 1 aromatic rings. The van der Waals surface area contributed by atoms with Gasteiger partial charge in [0.1, 0.15) is 0 Å². The summed E-state index contributed by atoms with van der Waals surface area (Å²) in [5.74, 6) is 0.630. The molecule has 0 aromatic carbocycles. The Morgan fingerprint density at radius 3 is 3.07 bits per heavy atom. The molecule has 4 nitrogen and oxygen atoms in total. The first kappa shape index (κ1) is 10.9. The summed E-state index contributed by atoms with van der Waals surface area (Å²) in [5, 5.41) is 12.2. The maximum absolute atomic E-state index is 9.05. The van der Waals surface area contributed by atoms with Gasteiger partial charge in [0.2, 0.25) is 5.88 Å². The summed E-state index contributed by atoms with van der Waals surface area (Å²) in [6.45, 7) is 2.97. The van der Waals surface area contributed by atoms with Gasteiger partial charge < -0.3 is 15.2 Å². The highest BCUT2D eigenvalue weighted by Gasteiger charge is 2.02. The van der Waals surface area contributed by atoms with Crippen LogP contribution in [0.3, 0.4) is 0 Å². The summed E-state index contributed by atoms with van der Waals surface area (Å²) in [4.78, 5) is 4.07. The van der Waals surface area contributed by atoms with Crippen molar-refractivity contribution >= 4 is 0 Å². The maximum atomic E-state index is 9.05. The second-order valence-electron chi connectivity index (χ2n) is 3.15. The first-order valence-corrected chi connectivity index (χ1v) is 4.60. The Balaban J connectivity index is 2.49. The lowest BCUT2D eigenvalue weighted by atomic mass is 10.2. The van der Waals surface area contributed by atoms with Crippen LogP contribution in [0.5, 0.6) is 5.88 Å². The van der Waals surface area contributed by atoms with Gasteiger partial charge in [0.05, 0.1) is 13.2 Å². The summed E-state index contributed by atoms with van der Waals surface area (Å²) in [6.07, 6.45) is 1.36. The highest BCUT2D eigenvalue weighted by Crippen LogP contribution is 2.12. The zero-order chi connectivity index (χ0) is 10.4. The Hall–Kier alpha value is -1.13. The van der Waals surface area contributed by atoms with E-state index < -0.39 is 0 Å². The molecule has 0 aliphatic rings. The molecule has 0 radical (unpaired) electrons. The van der Waals surface area contributed by atoms with E-state index in [0.29, 0.717) is 19.0 Å². The smallest absolute Gasteiger partial charge is 0.217 e. The van der Waals surface area contributed by atoms with E-state index in [-0.39, 0.29) is 6.10 Å². The van der Waals surface area contributed by atoms with E-state index in [1.807, 2.05) is 12.1 Å². The highest BCUT2D eigenvalue weighted by molar-refractivity contribution is 5.24. The van der Waals surface area contributed by atoms with Crippen LogP contribution in [0.15, 0.2) is 18.3 Å². The second-order valence-corrected chi connectivity index (χ2v) is 3.15. The Morgan fingerprint density at radius 2 is 2.43 bits per heavy atom. The van der Waals surface area contributed by atoms with Gasteiger partial charge in [-0.25, -0.2) is 4.98 Å². The minimum absolute atomic E-state index is 0.335. The number of nitrogens with zero attached hydrogens (tertiary/aromatic N) is 1. The Labute approximate surface area is 83.9 Å². The molecule has 0 fully saturated rings. The number of aromatic nitrogens is 1. The lowest BCUT2D eigenvalue weighted by Crippen LogP contribution is -2.24. The quantitative estimate of drug-likeness (QED) is 0.722. The molecule has 1 heterocycles. The monoisotopic (exact) mass is 196 g/mol. The topological polar surface area (TPSA) is 54.4 Å². The Kier molecular flexibility index (Phi) is 4.35. The normalized spacial score (nSPS) is 12.5. The van der Waals surface area contributed by atoms with Crippen LogP contribution >= 0.6 is 0 Å². The van der Waals surface area contributed by atoms with Gasteiger partial charge in [-0.05, 0) is 13.0 Å². The van der Waals surface area contributed by atoms with Gasteiger partial charge in [0.25, 0.3) is 0 Å². The molecule has 0 saturated heterocycles. The van der Waals surface area contributed by atoms with E-state index in [1.54, 1.807) is 20.2 Å². The second kappa shape index (κ2) is 5.57. The molecule has 0 aliphatic carbocycles. The van der Waals surface area contributed by atoms with E-state index in [4.69, 9.17) is 9.84 Å². The van der Waals surface area contributed by atoms with Crippen LogP contribution in [0.25, 0.3) is 0 Å². The van der Waals surface area contributed by atoms with Gasteiger partial charge in [-0.1, -0.05) is 6.07 Å². The number of aliphatic hydroxyl groups is 1. The summed E-state index contributed by atoms with van der Waals surface area (Å²) >= 11 is 0. The first-order chi connectivity index (χ1) is 6.74. The summed E-state index contributed by atoms with van der Waals surface area (Å²) in [6, 6.07) is 3.81. The van der Waals surface area contributed by atoms with Crippen molar-refractivity contribution in [2.45, 2.75) is 19.6 Å². The number of methoxy groups -OCH3 is 1. The highest BCUT2D eigenvalue weighted by atomic mass is 16.5. The molecule has 0 bridgehead atoms. The third-order valence-electron chi connectivity index (χ3n) is 1.80. The van der Waals surface area contributed by atoms with Crippen LogP contribution in [0.1, 0.15) is 12.5 Å². The molecule has 2 N–H and O–H groups in total. The molecule has 0 unspecified atom stereocenters. The predicted molar refractivity (Wildman–Crippen MR) is 54.2 cm³/mol. The van der Waals surface area contributed by atoms with Crippen LogP contribution < -0.4 is 10.1 Å². The summed E-state index contributed by atoms with van der Waals surface area (Å²) in [7, 11) is 1.60. The van der Waals surface area contributed by atoms with E-state index in [1.165, 1.54) is 0 Å². The Morgan fingerprint density at radius 1 is 1.64 bits per heavy atom. The van der Waals surface area contributed by atoms with Crippen LogP contribution in [0, 0.1) is 0 Å². The lowest BCUT2D eigenvalue weighted by molar-refractivity contribution is 0.190. The zero-order valence-electron chi connectivity index (χ0n) is 8.53. The Bertz CT molecular complexity index is 277. The molecule has 14 heavy (non-hydrogen) atoms. The average molecular weight is 196 g/mol. The molecular weight excluding hydrogens is 180 g/mol. The SMILES string of the molecule is COc1ncccc1CNC[C@@H](C)O. The molecule has 0 saturated carbocycles. The molecule has 1 rings (SSSR count). The largest absolute Gasteiger partial charge is 0.481 e. The molecule has 0 aliphatic heterocycles. The van der Waals surface area contributed by atoms with Gasteiger partial charge in [0.15, 0.2) is 0 Å². The van der Waals surface area contributed by atoms with Crippen LogP contribution in [0.4, 0.5) is 0 Å². The summed E-state index contributed by atoms with van der Waals surface area (Å²) < 4.78 is 5.09. The lowest BCUT2D eigenvalue weighted by Gasteiger charge is -2.09. The van der Waals surface area contributed by atoms with Gasteiger partial charge in [-0.15, -0.1) is 0 Å². The van der Waals surface area contributed by atoms with Gasteiger partial charge in [0, 0.05) is 24.8 Å². The third-order valence-corrected chi connectivity index (χ3v) is 1.80. The molecule has 78 valence electrons. The van der Waals surface area contributed by atoms with Gasteiger partial charge in [-0.3, -0.25) is 0 Å². The molecule has 1 aromatic heterocycles. The molecule has 4 heteroatoms. The number of hydrogen-bond donors (Lipinski definition) is 2. The molecule has 1 atom stereocenters. The van der Waals surface area contributed by atoms with Crippen molar-refractivity contribution in [3.8, 4) is 5.88 Å². The zero-order valence-corrected chi connectivity index (χ0v) is 8.53. The fourth-order valence-corrected chi connectivity index (χ4v) is 1.16. The number of rotatable bonds is 5. The van der Waals surface area contributed by atoms with Crippen molar-refractivity contribution in [3.63, 3.8) is 0 Å². The fourth-order valence-electron chi connectivity index (χ4n) is 1.16. The van der Waals surface area contributed by atoms with Crippen molar-refractivity contribution in [2.75, 3.05) is 13.7 Å². The minimum Gasteiger partial charge on any atom is -0.481 e. The van der Waals surface area contributed by atoms with E-state index in [2.05, 4.69) is 10.3 Å². The number of pyridine rings is 1. The van der Waals surface area contributed by atoms with Crippen LogP contribution in [0.2, 0.25) is 0 Å². The number of hydrogen-bond acceptors (Lipinski definition) is 4. The summed E-state index contributed by atoms with van der Waals surface area (Å²) in [5.41, 5.74) is 0.996. The molecule has 0 amide bonds. The van der Waals surface area contributed by atoms with Gasteiger partial charge >= 0.3 is 0 Å². The molecular formula is C10H16N2O2. The average Bonchev–Trinajstić information content (AvgIpc) is 2.18.